The summed E-state index contributed by atoms with van der Waals surface area (Å²) in [6.07, 6.45) is 1.63. The molecule has 1 amide bonds. The van der Waals surface area contributed by atoms with Gasteiger partial charge in [0.15, 0.2) is 0 Å². The number of nitrogen functional groups attached to an aromatic ring is 1. The molecule has 1 heterocycles. The lowest BCUT2D eigenvalue weighted by molar-refractivity contribution is 0.0827. The maximum absolute atomic E-state index is 11.8. The molecular weight excluding hydrogens is 274 g/mol. The van der Waals surface area contributed by atoms with Gasteiger partial charge in [0.05, 0.1) is 6.21 Å². The lowest BCUT2D eigenvalue weighted by Crippen LogP contribution is -2.21. The van der Waals surface area contributed by atoms with E-state index in [9.17, 15) is 4.79 Å². The first kappa shape index (κ1) is 14.0. The number of thiazole rings is 1. The second kappa shape index (κ2) is 6.16. The second-order valence-corrected chi connectivity index (χ2v) is 5.13. The molecule has 2 rings (SSSR count). The molecule has 0 unspecified atom stereocenters. The molecule has 0 aliphatic rings. The van der Waals surface area contributed by atoms with Gasteiger partial charge in [-0.15, -0.1) is 11.3 Å². The molecule has 0 radical (unpaired) electrons. The van der Waals surface area contributed by atoms with Gasteiger partial charge >= 0.3 is 0 Å². The number of nitrogens with two attached hydrogens (primary N) is 1. The van der Waals surface area contributed by atoms with Crippen molar-refractivity contribution >= 4 is 34.4 Å². The summed E-state index contributed by atoms with van der Waals surface area (Å²) in [7, 11) is 3.44. The van der Waals surface area contributed by atoms with Crippen LogP contribution in [0.2, 0.25) is 0 Å². The molecule has 2 aromatic rings. The van der Waals surface area contributed by atoms with Gasteiger partial charge in [0.1, 0.15) is 5.82 Å². The first-order valence-electron chi connectivity index (χ1n) is 5.88. The molecule has 6 nitrogen and oxygen atoms in total. The molecule has 0 spiro atoms. The summed E-state index contributed by atoms with van der Waals surface area (Å²) in [5, 5.41) is 6.42. The lowest BCUT2D eigenvalue weighted by atomic mass is 10.1. The number of aromatic nitrogens is 1. The highest BCUT2D eigenvalue weighted by atomic mass is 32.1. The fourth-order valence-corrected chi connectivity index (χ4v) is 2.06. The number of anilines is 2. The van der Waals surface area contributed by atoms with Crippen LogP contribution in [-0.4, -0.2) is 36.1 Å². The lowest BCUT2D eigenvalue weighted by Gasteiger charge is -2.10. The summed E-state index contributed by atoms with van der Waals surface area (Å²) < 4.78 is 0. The molecule has 0 saturated carbocycles. The highest BCUT2D eigenvalue weighted by Crippen LogP contribution is 2.16. The van der Waals surface area contributed by atoms with Gasteiger partial charge in [0, 0.05) is 25.0 Å². The minimum Gasteiger partial charge on any atom is -0.383 e. The van der Waals surface area contributed by atoms with Crippen LogP contribution in [0.3, 0.4) is 0 Å². The molecule has 7 heteroatoms. The van der Waals surface area contributed by atoms with Crippen molar-refractivity contribution in [2.24, 2.45) is 5.10 Å². The van der Waals surface area contributed by atoms with Crippen LogP contribution < -0.4 is 11.2 Å². The van der Waals surface area contributed by atoms with Gasteiger partial charge in [0.2, 0.25) is 5.13 Å². The number of hydrogen-bond acceptors (Lipinski definition) is 6. The van der Waals surface area contributed by atoms with Crippen molar-refractivity contribution in [3.05, 3.63) is 40.8 Å². The Bertz CT molecular complexity index is 635. The first-order valence-corrected chi connectivity index (χ1v) is 6.76. The first-order chi connectivity index (χ1) is 9.56. The third-order valence-electron chi connectivity index (χ3n) is 2.44. The number of carbonyl (C=O) groups is 1. The zero-order chi connectivity index (χ0) is 14.5. The molecule has 0 atom stereocenters. The van der Waals surface area contributed by atoms with Crippen molar-refractivity contribution in [3.8, 4) is 0 Å². The molecule has 0 saturated heterocycles. The summed E-state index contributed by atoms with van der Waals surface area (Å²) in [6.45, 7) is 0. The monoisotopic (exact) mass is 289 g/mol. The van der Waals surface area contributed by atoms with Crippen LogP contribution >= 0.6 is 11.3 Å². The van der Waals surface area contributed by atoms with E-state index in [1.165, 1.54) is 16.2 Å². The van der Waals surface area contributed by atoms with Crippen LogP contribution in [0, 0.1) is 0 Å². The molecule has 1 aromatic heterocycles. The Balaban J connectivity index is 2.06. The fraction of sp³-hybridized carbons (Fsp3) is 0.154. The number of hydrazone groups is 1. The van der Waals surface area contributed by atoms with Gasteiger partial charge in [-0.3, -0.25) is 10.2 Å². The fourth-order valence-electron chi connectivity index (χ4n) is 1.51. The Morgan fingerprint density at radius 1 is 1.50 bits per heavy atom. The smallest absolute Gasteiger partial charge is 0.253 e. The van der Waals surface area contributed by atoms with E-state index in [0.29, 0.717) is 16.5 Å². The number of nitrogens with zero attached hydrogens (tertiary/aromatic N) is 3. The second-order valence-electron chi connectivity index (χ2n) is 4.27. The van der Waals surface area contributed by atoms with Gasteiger partial charge in [-0.1, -0.05) is 12.1 Å². The van der Waals surface area contributed by atoms with Crippen LogP contribution in [0.15, 0.2) is 34.7 Å². The normalized spacial score (nSPS) is 10.7. The van der Waals surface area contributed by atoms with Crippen molar-refractivity contribution in [1.29, 1.82) is 0 Å². The molecule has 20 heavy (non-hydrogen) atoms. The summed E-state index contributed by atoms with van der Waals surface area (Å²) in [6, 6.07) is 7.24. The maximum Gasteiger partial charge on any atom is 0.253 e. The SMILES string of the molecule is CN(C)C(=O)c1cccc(C=NNc2nc(N)cs2)c1. The molecule has 0 aliphatic heterocycles. The standard InChI is InChI=1S/C13H15N5OS/c1-18(2)12(19)10-5-3-4-9(6-10)7-15-17-13-16-11(14)8-20-13/h3-8H,14H2,1-2H3,(H,16,17). The average Bonchev–Trinajstić information content (AvgIpc) is 2.84. The molecule has 0 fully saturated rings. The number of hydrogen-bond donors (Lipinski definition) is 2. The van der Waals surface area contributed by atoms with Gasteiger partial charge in [-0.25, -0.2) is 4.98 Å². The maximum atomic E-state index is 11.8. The quantitative estimate of drug-likeness (QED) is 0.665. The number of amides is 1. The molecule has 104 valence electrons. The van der Waals surface area contributed by atoms with Gasteiger partial charge in [-0.05, 0) is 17.7 Å². The zero-order valence-corrected chi connectivity index (χ0v) is 12.0. The van der Waals surface area contributed by atoms with E-state index in [4.69, 9.17) is 5.73 Å². The third-order valence-corrected chi connectivity index (χ3v) is 3.20. The predicted molar refractivity (Wildman–Crippen MR) is 82.2 cm³/mol. The summed E-state index contributed by atoms with van der Waals surface area (Å²) in [5.74, 6) is 0.423. The topological polar surface area (TPSA) is 83.6 Å². The van der Waals surface area contributed by atoms with E-state index in [1.54, 1.807) is 37.8 Å². The number of carbonyl (C=O) groups excluding carboxylic acids is 1. The molecule has 0 bridgehead atoms. The van der Waals surface area contributed by atoms with Gasteiger partial charge < -0.3 is 10.6 Å². The van der Waals surface area contributed by atoms with E-state index in [1.807, 2.05) is 12.1 Å². The predicted octanol–water partition coefficient (Wildman–Crippen LogP) is 1.87. The van der Waals surface area contributed by atoms with Crippen molar-refractivity contribution in [2.45, 2.75) is 0 Å². The van der Waals surface area contributed by atoms with Crippen molar-refractivity contribution in [3.63, 3.8) is 0 Å². The molecular formula is C13H15N5OS. The Kier molecular flexibility index (Phi) is 4.31. The van der Waals surface area contributed by atoms with Crippen LogP contribution in [0.4, 0.5) is 10.9 Å². The molecule has 3 N–H and O–H groups in total. The van der Waals surface area contributed by atoms with Crippen LogP contribution in [0.1, 0.15) is 15.9 Å². The van der Waals surface area contributed by atoms with Gasteiger partial charge in [-0.2, -0.15) is 5.10 Å². The summed E-state index contributed by atoms with van der Waals surface area (Å²) in [4.78, 5) is 17.4. The highest BCUT2D eigenvalue weighted by molar-refractivity contribution is 7.14. The third kappa shape index (κ3) is 3.55. The Labute approximate surface area is 120 Å². The number of rotatable bonds is 4. The van der Waals surface area contributed by atoms with Crippen LogP contribution in [0.5, 0.6) is 0 Å². The minimum atomic E-state index is -0.0408. The van der Waals surface area contributed by atoms with Crippen LogP contribution in [0.25, 0.3) is 0 Å². The van der Waals surface area contributed by atoms with Gasteiger partial charge in [0.25, 0.3) is 5.91 Å². The van der Waals surface area contributed by atoms with E-state index >= 15 is 0 Å². The molecule has 1 aromatic carbocycles. The largest absolute Gasteiger partial charge is 0.383 e. The number of benzene rings is 1. The average molecular weight is 289 g/mol. The van der Waals surface area contributed by atoms with E-state index in [2.05, 4.69) is 15.5 Å². The van der Waals surface area contributed by atoms with E-state index in [-0.39, 0.29) is 5.91 Å². The Morgan fingerprint density at radius 3 is 2.95 bits per heavy atom. The van der Waals surface area contributed by atoms with Crippen molar-refractivity contribution in [1.82, 2.24) is 9.88 Å². The van der Waals surface area contributed by atoms with Crippen molar-refractivity contribution in [2.75, 3.05) is 25.3 Å². The molecule has 0 aliphatic carbocycles. The zero-order valence-electron chi connectivity index (χ0n) is 11.2. The summed E-state index contributed by atoms with van der Waals surface area (Å²) >= 11 is 1.37. The van der Waals surface area contributed by atoms with E-state index < -0.39 is 0 Å². The summed E-state index contributed by atoms with van der Waals surface area (Å²) in [5.41, 5.74) is 9.75. The van der Waals surface area contributed by atoms with Crippen molar-refractivity contribution < 1.29 is 4.79 Å². The number of nitrogens with one attached hydrogen (secondary N) is 1. The minimum absolute atomic E-state index is 0.0408. The Morgan fingerprint density at radius 2 is 2.30 bits per heavy atom. The van der Waals surface area contributed by atoms with E-state index in [0.717, 1.165) is 5.56 Å². The van der Waals surface area contributed by atoms with Crippen LogP contribution in [-0.2, 0) is 0 Å². The highest BCUT2D eigenvalue weighted by Gasteiger charge is 2.07. The Hall–Kier alpha value is -2.41.